The molecule has 0 amide bonds. The molecule has 0 saturated carbocycles. The van der Waals surface area contributed by atoms with Crippen LogP contribution in [-0.4, -0.2) is 16.1 Å². The summed E-state index contributed by atoms with van der Waals surface area (Å²) in [6.45, 7) is 0.463. The third kappa shape index (κ3) is 2.46. The van der Waals surface area contributed by atoms with E-state index in [9.17, 15) is 9.59 Å². The predicted octanol–water partition coefficient (Wildman–Crippen LogP) is 3.98. The SMILES string of the molecule is C#CCn1cc(C2C3=C(CCCC3=O)NC3=C2C(=O)CCC3)c2ccccc21. The first-order valence-electron chi connectivity index (χ1n) is 9.99. The van der Waals surface area contributed by atoms with Gasteiger partial charge in [-0.05, 0) is 37.3 Å². The number of terminal acetylenes is 1. The maximum atomic E-state index is 13.0. The summed E-state index contributed by atoms with van der Waals surface area (Å²) in [6, 6.07) is 8.12. The molecule has 28 heavy (non-hydrogen) atoms. The Morgan fingerprint density at radius 2 is 1.64 bits per heavy atom. The molecule has 0 radical (unpaired) electrons. The Labute approximate surface area is 164 Å². The fraction of sp³-hybridized carbons (Fsp3) is 0.333. The van der Waals surface area contributed by atoms with Crippen molar-refractivity contribution in [1.82, 2.24) is 9.88 Å². The Balaban J connectivity index is 1.79. The van der Waals surface area contributed by atoms with Crippen LogP contribution in [-0.2, 0) is 16.1 Å². The van der Waals surface area contributed by atoms with Gasteiger partial charge in [0.2, 0.25) is 0 Å². The van der Waals surface area contributed by atoms with E-state index in [1.165, 1.54) is 0 Å². The van der Waals surface area contributed by atoms with Crippen LogP contribution in [0.25, 0.3) is 10.9 Å². The van der Waals surface area contributed by atoms with Gasteiger partial charge in [-0.1, -0.05) is 24.1 Å². The summed E-state index contributed by atoms with van der Waals surface area (Å²) in [5.74, 6) is 2.76. The molecule has 140 valence electrons. The van der Waals surface area contributed by atoms with Crippen molar-refractivity contribution in [3.8, 4) is 12.3 Å². The van der Waals surface area contributed by atoms with E-state index >= 15 is 0 Å². The number of carbonyl (C=O) groups excluding carboxylic acids is 2. The molecule has 2 heterocycles. The molecule has 0 saturated heterocycles. The van der Waals surface area contributed by atoms with Crippen LogP contribution in [0.15, 0.2) is 53.0 Å². The van der Waals surface area contributed by atoms with Gasteiger partial charge in [0.25, 0.3) is 0 Å². The number of hydrogen-bond acceptors (Lipinski definition) is 3. The number of hydrogen-bond donors (Lipinski definition) is 1. The van der Waals surface area contributed by atoms with Crippen LogP contribution < -0.4 is 5.32 Å². The first kappa shape index (κ1) is 17.1. The number of aromatic nitrogens is 1. The second-order valence-electron chi connectivity index (χ2n) is 7.83. The Morgan fingerprint density at radius 1 is 1.00 bits per heavy atom. The highest BCUT2D eigenvalue weighted by atomic mass is 16.1. The smallest absolute Gasteiger partial charge is 0.161 e. The van der Waals surface area contributed by atoms with Crippen molar-refractivity contribution < 1.29 is 9.59 Å². The average Bonchev–Trinajstić information content (AvgIpc) is 3.06. The number of para-hydroxylation sites is 1. The third-order valence-corrected chi connectivity index (χ3v) is 6.18. The minimum absolute atomic E-state index is 0.164. The molecule has 5 rings (SSSR count). The number of allylic oxidation sites excluding steroid dienone is 4. The van der Waals surface area contributed by atoms with Crippen LogP contribution in [0.4, 0.5) is 0 Å². The van der Waals surface area contributed by atoms with Crippen molar-refractivity contribution in [3.63, 3.8) is 0 Å². The number of rotatable bonds is 2. The molecule has 0 fully saturated rings. The van der Waals surface area contributed by atoms with Crippen LogP contribution in [0, 0.1) is 12.3 Å². The van der Waals surface area contributed by atoms with Crippen molar-refractivity contribution in [3.05, 3.63) is 58.6 Å². The minimum Gasteiger partial charge on any atom is -0.362 e. The molecule has 2 aromatic rings. The molecule has 0 spiro atoms. The summed E-state index contributed by atoms with van der Waals surface area (Å²) in [5, 5.41) is 4.55. The van der Waals surface area contributed by atoms with E-state index in [1.54, 1.807) is 0 Å². The van der Waals surface area contributed by atoms with E-state index in [4.69, 9.17) is 6.42 Å². The Morgan fingerprint density at radius 3 is 2.29 bits per heavy atom. The van der Waals surface area contributed by atoms with Gasteiger partial charge < -0.3 is 9.88 Å². The molecule has 4 nitrogen and oxygen atoms in total. The van der Waals surface area contributed by atoms with Gasteiger partial charge in [0.15, 0.2) is 11.6 Å². The van der Waals surface area contributed by atoms with Gasteiger partial charge in [-0.15, -0.1) is 6.42 Å². The lowest BCUT2D eigenvalue weighted by atomic mass is 9.71. The average molecular weight is 370 g/mol. The number of benzene rings is 1. The molecule has 1 aromatic heterocycles. The molecule has 1 N–H and O–H groups in total. The monoisotopic (exact) mass is 370 g/mol. The Kier molecular flexibility index (Phi) is 3.98. The van der Waals surface area contributed by atoms with Gasteiger partial charge in [-0.2, -0.15) is 0 Å². The summed E-state index contributed by atoms with van der Waals surface area (Å²) < 4.78 is 2.05. The molecular weight excluding hydrogens is 348 g/mol. The second-order valence-corrected chi connectivity index (χ2v) is 7.83. The van der Waals surface area contributed by atoms with Gasteiger partial charge >= 0.3 is 0 Å². The van der Waals surface area contributed by atoms with Crippen molar-refractivity contribution in [2.24, 2.45) is 0 Å². The van der Waals surface area contributed by atoms with Crippen molar-refractivity contribution in [2.75, 3.05) is 0 Å². The van der Waals surface area contributed by atoms with E-state index < -0.39 is 0 Å². The van der Waals surface area contributed by atoms with Crippen LogP contribution in [0.3, 0.4) is 0 Å². The second kappa shape index (κ2) is 6.53. The first-order valence-corrected chi connectivity index (χ1v) is 9.99. The molecule has 2 aliphatic carbocycles. The molecule has 0 unspecified atom stereocenters. The molecule has 0 atom stereocenters. The van der Waals surface area contributed by atoms with Crippen molar-refractivity contribution in [2.45, 2.75) is 51.0 Å². The molecule has 1 aromatic carbocycles. The maximum absolute atomic E-state index is 13.0. The fourth-order valence-electron chi connectivity index (χ4n) is 5.03. The number of dihydropyridines is 1. The maximum Gasteiger partial charge on any atom is 0.161 e. The lowest BCUT2D eigenvalue weighted by molar-refractivity contribution is -0.116. The quantitative estimate of drug-likeness (QED) is 0.814. The molecule has 4 heteroatoms. The first-order chi connectivity index (χ1) is 13.7. The zero-order valence-electron chi connectivity index (χ0n) is 15.8. The van der Waals surface area contributed by atoms with E-state index in [0.29, 0.717) is 19.4 Å². The standard InChI is InChI=1S/C24H22N2O2/c1-2-13-26-14-16(15-7-3-4-10-19(15)26)22-23-17(8-5-11-20(23)27)25-18-9-6-12-21(28)24(18)22/h1,3-4,7,10,14,22,25H,5-6,8-9,11-13H2. The lowest BCUT2D eigenvalue weighted by Gasteiger charge is -2.37. The molecule has 1 aliphatic heterocycles. The Hall–Kier alpha value is -3.06. The number of nitrogens with zero attached hydrogens (tertiary/aromatic N) is 1. The molecular formula is C24H22N2O2. The highest BCUT2D eigenvalue weighted by molar-refractivity contribution is 6.07. The highest BCUT2D eigenvalue weighted by Crippen LogP contribution is 2.47. The number of carbonyl (C=O) groups is 2. The van der Waals surface area contributed by atoms with E-state index in [1.807, 2.05) is 22.8 Å². The normalized spacial score (nSPS) is 20.1. The van der Waals surface area contributed by atoms with Crippen LogP contribution >= 0.6 is 0 Å². The van der Waals surface area contributed by atoms with Gasteiger partial charge in [-0.25, -0.2) is 0 Å². The summed E-state index contributed by atoms with van der Waals surface area (Å²) in [4.78, 5) is 26.0. The molecule has 3 aliphatic rings. The Bertz CT molecular complexity index is 1080. The number of fused-ring (bicyclic) bond motifs is 1. The summed E-state index contributed by atoms with van der Waals surface area (Å²) in [7, 11) is 0. The van der Waals surface area contributed by atoms with Crippen molar-refractivity contribution in [1.29, 1.82) is 0 Å². The predicted molar refractivity (Wildman–Crippen MR) is 108 cm³/mol. The highest BCUT2D eigenvalue weighted by Gasteiger charge is 2.41. The van der Waals surface area contributed by atoms with E-state index in [-0.39, 0.29) is 17.5 Å². The van der Waals surface area contributed by atoms with Gasteiger partial charge in [-0.3, -0.25) is 9.59 Å². The van der Waals surface area contributed by atoms with Crippen LogP contribution in [0.1, 0.15) is 50.0 Å². The summed E-state index contributed by atoms with van der Waals surface area (Å²) in [5.41, 5.74) is 5.70. The number of ketones is 2. The number of Topliss-reactive ketones (excluding diaryl/α,β-unsaturated/α-hetero) is 2. The number of nitrogens with one attached hydrogen (secondary N) is 1. The van der Waals surface area contributed by atoms with E-state index in [2.05, 4.69) is 23.5 Å². The van der Waals surface area contributed by atoms with E-state index in [0.717, 1.165) is 64.7 Å². The van der Waals surface area contributed by atoms with Gasteiger partial charge in [0.1, 0.15) is 0 Å². The zero-order valence-corrected chi connectivity index (χ0v) is 15.8. The third-order valence-electron chi connectivity index (χ3n) is 6.18. The zero-order chi connectivity index (χ0) is 19.3. The van der Waals surface area contributed by atoms with Crippen molar-refractivity contribution >= 4 is 22.5 Å². The lowest BCUT2D eigenvalue weighted by Crippen LogP contribution is -2.36. The minimum atomic E-state index is -0.282. The largest absolute Gasteiger partial charge is 0.362 e. The topological polar surface area (TPSA) is 51.1 Å². The van der Waals surface area contributed by atoms with Gasteiger partial charge in [0, 0.05) is 58.4 Å². The van der Waals surface area contributed by atoms with Crippen LogP contribution in [0.5, 0.6) is 0 Å². The fourth-order valence-corrected chi connectivity index (χ4v) is 5.03. The van der Waals surface area contributed by atoms with Gasteiger partial charge in [0.05, 0.1) is 6.54 Å². The summed E-state index contributed by atoms with van der Waals surface area (Å²) >= 11 is 0. The molecule has 0 bridgehead atoms. The summed E-state index contributed by atoms with van der Waals surface area (Å²) in [6.07, 6.45) is 12.2. The van der Waals surface area contributed by atoms with Crippen LogP contribution in [0.2, 0.25) is 0 Å².